The van der Waals surface area contributed by atoms with Gasteiger partial charge in [-0.05, 0) is 32.1 Å². The summed E-state index contributed by atoms with van der Waals surface area (Å²) in [6.45, 7) is 1.76. The van der Waals surface area contributed by atoms with E-state index in [9.17, 15) is 4.79 Å². The molecule has 0 aromatic carbocycles. The molecule has 4 heteroatoms. The lowest BCUT2D eigenvalue weighted by Crippen LogP contribution is -2.21. The van der Waals surface area contributed by atoms with Crippen molar-refractivity contribution in [1.82, 2.24) is 0 Å². The lowest BCUT2D eigenvalue weighted by molar-refractivity contribution is -0.147. The largest absolute Gasteiger partial charge is 0.463 e. The van der Waals surface area contributed by atoms with Crippen LogP contribution >= 0.6 is 0 Å². The molecule has 24 heavy (non-hydrogen) atoms. The van der Waals surface area contributed by atoms with E-state index in [4.69, 9.17) is 14.9 Å². The van der Waals surface area contributed by atoms with Crippen LogP contribution in [0.3, 0.4) is 0 Å². The van der Waals surface area contributed by atoms with E-state index in [1.54, 1.807) is 0 Å². The molecule has 0 bridgehead atoms. The zero-order valence-electron chi connectivity index (χ0n) is 15.5. The molecule has 2 N–H and O–H groups in total. The van der Waals surface area contributed by atoms with Crippen molar-refractivity contribution in [3.05, 3.63) is 12.2 Å². The summed E-state index contributed by atoms with van der Waals surface area (Å²) < 4.78 is 4.85. The van der Waals surface area contributed by atoms with Crippen LogP contribution in [0.1, 0.15) is 90.4 Å². The topological polar surface area (TPSA) is 66.8 Å². The molecule has 0 saturated heterocycles. The normalized spacial score (nSPS) is 12.6. The average molecular weight is 343 g/mol. The first-order valence-corrected chi connectivity index (χ1v) is 9.80. The van der Waals surface area contributed by atoms with Gasteiger partial charge in [-0.3, -0.25) is 4.79 Å². The van der Waals surface area contributed by atoms with Gasteiger partial charge in [0.2, 0.25) is 0 Å². The maximum absolute atomic E-state index is 11.4. The molecule has 0 saturated carbocycles. The molecular weight excluding hydrogens is 304 g/mol. The third-order valence-electron chi connectivity index (χ3n) is 4.04. The molecule has 0 aromatic rings. The van der Waals surface area contributed by atoms with Crippen LogP contribution in [0.15, 0.2) is 12.2 Å². The van der Waals surface area contributed by atoms with Crippen molar-refractivity contribution in [2.45, 2.75) is 96.5 Å². The Morgan fingerprint density at radius 2 is 1.46 bits per heavy atom. The molecule has 0 amide bonds. The number of carbonyl (C=O) groups is 1. The molecule has 0 spiro atoms. The quantitative estimate of drug-likeness (QED) is 0.231. The molecule has 0 aliphatic rings. The standard InChI is InChI=1S/C20H38O4/c1-2-3-4-5-6-7-8-9-10-11-12-13-14-15-16-20(23)24-18-19(22)17-21/h8-9,19,21-22H,2-7,10-18H2,1H3/b9-8+/t19-/m0/s1. The molecule has 0 heterocycles. The van der Waals surface area contributed by atoms with E-state index in [0.29, 0.717) is 6.42 Å². The summed E-state index contributed by atoms with van der Waals surface area (Å²) in [6.07, 6.45) is 18.6. The van der Waals surface area contributed by atoms with Crippen LogP contribution in [-0.4, -0.2) is 35.5 Å². The molecule has 0 aliphatic heterocycles. The number of allylic oxidation sites excluding steroid dienone is 2. The van der Waals surface area contributed by atoms with Gasteiger partial charge in [-0.15, -0.1) is 0 Å². The highest BCUT2D eigenvalue weighted by Gasteiger charge is 2.07. The Balaban J connectivity index is 3.23. The van der Waals surface area contributed by atoms with Crippen molar-refractivity contribution >= 4 is 5.97 Å². The lowest BCUT2D eigenvalue weighted by atomic mass is 10.1. The van der Waals surface area contributed by atoms with Gasteiger partial charge >= 0.3 is 5.97 Å². The lowest BCUT2D eigenvalue weighted by Gasteiger charge is -2.08. The smallest absolute Gasteiger partial charge is 0.305 e. The summed E-state index contributed by atoms with van der Waals surface area (Å²) in [5.41, 5.74) is 0. The number of esters is 1. The predicted octanol–water partition coefficient (Wildman–Crippen LogP) is 4.53. The second kappa shape index (κ2) is 18.5. The summed E-state index contributed by atoms with van der Waals surface area (Å²) in [4.78, 5) is 11.4. The summed E-state index contributed by atoms with van der Waals surface area (Å²) >= 11 is 0. The maximum Gasteiger partial charge on any atom is 0.305 e. The van der Waals surface area contributed by atoms with Gasteiger partial charge in [0.25, 0.3) is 0 Å². The van der Waals surface area contributed by atoms with Gasteiger partial charge in [-0.25, -0.2) is 0 Å². The first-order valence-electron chi connectivity index (χ1n) is 9.80. The number of hydrogen-bond acceptors (Lipinski definition) is 4. The molecule has 0 unspecified atom stereocenters. The first-order chi connectivity index (χ1) is 11.7. The predicted molar refractivity (Wildman–Crippen MR) is 98.9 cm³/mol. The van der Waals surface area contributed by atoms with Gasteiger partial charge in [-0.2, -0.15) is 0 Å². The number of aliphatic hydroxyl groups is 2. The fourth-order valence-electron chi connectivity index (χ4n) is 2.48. The Hall–Kier alpha value is -0.870. The molecular formula is C20H38O4. The number of hydrogen-bond donors (Lipinski definition) is 2. The van der Waals surface area contributed by atoms with Crippen LogP contribution in [0.4, 0.5) is 0 Å². The van der Waals surface area contributed by atoms with Crippen molar-refractivity contribution in [1.29, 1.82) is 0 Å². The van der Waals surface area contributed by atoms with Crippen molar-refractivity contribution in [2.24, 2.45) is 0 Å². The van der Waals surface area contributed by atoms with Crippen LogP contribution in [0.25, 0.3) is 0 Å². The molecule has 0 fully saturated rings. The van der Waals surface area contributed by atoms with E-state index in [1.165, 1.54) is 51.4 Å². The van der Waals surface area contributed by atoms with E-state index in [0.717, 1.165) is 25.7 Å². The highest BCUT2D eigenvalue weighted by atomic mass is 16.5. The van der Waals surface area contributed by atoms with Crippen LogP contribution in [0.2, 0.25) is 0 Å². The molecule has 142 valence electrons. The first kappa shape index (κ1) is 23.1. The van der Waals surface area contributed by atoms with Gasteiger partial charge in [0, 0.05) is 6.42 Å². The molecule has 0 rings (SSSR count). The Morgan fingerprint density at radius 3 is 2.04 bits per heavy atom. The number of rotatable bonds is 17. The third-order valence-corrected chi connectivity index (χ3v) is 4.04. The van der Waals surface area contributed by atoms with E-state index in [1.807, 2.05) is 0 Å². The minimum absolute atomic E-state index is 0.111. The zero-order valence-corrected chi connectivity index (χ0v) is 15.5. The fourth-order valence-corrected chi connectivity index (χ4v) is 2.48. The second-order valence-electron chi connectivity index (χ2n) is 6.50. The fraction of sp³-hybridized carbons (Fsp3) is 0.850. The van der Waals surface area contributed by atoms with Gasteiger partial charge in [0.15, 0.2) is 0 Å². The average Bonchev–Trinajstić information content (AvgIpc) is 2.59. The maximum atomic E-state index is 11.4. The summed E-state index contributed by atoms with van der Waals surface area (Å²) in [7, 11) is 0. The molecule has 4 nitrogen and oxygen atoms in total. The summed E-state index contributed by atoms with van der Waals surface area (Å²) in [6, 6.07) is 0. The van der Waals surface area contributed by atoms with Gasteiger partial charge in [0.1, 0.15) is 12.7 Å². The molecule has 0 aliphatic carbocycles. The van der Waals surface area contributed by atoms with E-state index < -0.39 is 6.10 Å². The monoisotopic (exact) mass is 342 g/mol. The van der Waals surface area contributed by atoms with Crippen molar-refractivity contribution in [3.63, 3.8) is 0 Å². The Bertz CT molecular complexity index is 302. The minimum atomic E-state index is -0.960. The molecule has 0 radical (unpaired) electrons. The third kappa shape index (κ3) is 17.5. The number of carbonyl (C=O) groups excluding carboxylic acids is 1. The van der Waals surface area contributed by atoms with E-state index >= 15 is 0 Å². The van der Waals surface area contributed by atoms with Crippen LogP contribution < -0.4 is 0 Å². The van der Waals surface area contributed by atoms with Crippen LogP contribution in [0.5, 0.6) is 0 Å². The molecule has 1 atom stereocenters. The number of unbranched alkanes of at least 4 members (excludes halogenated alkanes) is 10. The Morgan fingerprint density at radius 1 is 0.917 bits per heavy atom. The van der Waals surface area contributed by atoms with Crippen molar-refractivity contribution < 1.29 is 19.7 Å². The zero-order chi connectivity index (χ0) is 17.9. The SMILES string of the molecule is CCCCCCC/C=C/CCCCCCCC(=O)OC[C@@H](O)CO. The van der Waals surface area contributed by atoms with Crippen LogP contribution in [-0.2, 0) is 9.53 Å². The minimum Gasteiger partial charge on any atom is -0.463 e. The summed E-state index contributed by atoms with van der Waals surface area (Å²) in [5, 5.41) is 17.7. The van der Waals surface area contributed by atoms with Crippen LogP contribution in [0, 0.1) is 0 Å². The Labute approximate surface area is 148 Å². The number of ether oxygens (including phenoxy) is 1. The second-order valence-corrected chi connectivity index (χ2v) is 6.50. The van der Waals surface area contributed by atoms with Gasteiger partial charge in [0.05, 0.1) is 6.61 Å². The number of aliphatic hydroxyl groups excluding tert-OH is 2. The Kier molecular flexibility index (Phi) is 17.8. The van der Waals surface area contributed by atoms with E-state index in [-0.39, 0.29) is 19.2 Å². The van der Waals surface area contributed by atoms with Gasteiger partial charge < -0.3 is 14.9 Å². The highest BCUT2D eigenvalue weighted by Crippen LogP contribution is 2.09. The van der Waals surface area contributed by atoms with E-state index in [2.05, 4.69) is 19.1 Å². The van der Waals surface area contributed by atoms with Crippen molar-refractivity contribution in [3.8, 4) is 0 Å². The molecule has 0 aromatic heterocycles. The van der Waals surface area contributed by atoms with Crippen molar-refractivity contribution in [2.75, 3.05) is 13.2 Å². The summed E-state index contributed by atoms with van der Waals surface area (Å²) in [5.74, 6) is -0.288. The highest BCUT2D eigenvalue weighted by molar-refractivity contribution is 5.69. The van der Waals surface area contributed by atoms with Gasteiger partial charge in [-0.1, -0.05) is 64.0 Å².